The number of benzene rings is 1. The van der Waals surface area contributed by atoms with Gasteiger partial charge in [-0.1, -0.05) is 12.1 Å². The van der Waals surface area contributed by atoms with Crippen molar-refractivity contribution in [2.24, 2.45) is 4.40 Å². The van der Waals surface area contributed by atoms with E-state index >= 15 is 0 Å². The Balaban J connectivity index is 3.31. The van der Waals surface area contributed by atoms with Gasteiger partial charge >= 0.3 is 0 Å². The highest BCUT2D eigenvalue weighted by molar-refractivity contribution is 7.85. The Hall–Kier alpha value is -1.21. The van der Waals surface area contributed by atoms with Crippen LogP contribution >= 0.6 is 0 Å². The van der Waals surface area contributed by atoms with Crippen molar-refractivity contribution in [3.63, 3.8) is 0 Å². The van der Waals surface area contributed by atoms with E-state index in [1.54, 1.807) is 20.8 Å². The third-order valence-corrected chi connectivity index (χ3v) is 4.21. The molecule has 1 unspecified atom stereocenters. The molecule has 21 heavy (non-hydrogen) atoms. The Bertz CT molecular complexity index is 580. The molecular weight excluding hydrogens is 303 g/mol. The fourth-order valence-electron chi connectivity index (χ4n) is 1.49. The van der Waals surface area contributed by atoms with Crippen molar-refractivity contribution < 1.29 is 22.5 Å². The number of alkyl halides is 2. The van der Waals surface area contributed by atoms with Gasteiger partial charge in [-0.3, -0.25) is 0 Å². The van der Waals surface area contributed by atoms with Crippen LogP contribution in [0.3, 0.4) is 0 Å². The maximum Gasteiger partial charge on any atom is 0.298 e. The summed E-state index contributed by atoms with van der Waals surface area (Å²) in [5.41, 5.74) is -0.992. The predicted octanol–water partition coefficient (Wildman–Crippen LogP) is 3.18. The minimum Gasteiger partial charge on any atom is -0.390 e. The van der Waals surface area contributed by atoms with E-state index < -0.39 is 39.6 Å². The SMILES string of the molecule is CC(=NS(=O)C(C)(C)C)c1cccc(C(F)(F)CO)c1F. The monoisotopic (exact) mass is 321 g/mol. The van der Waals surface area contributed by atoms with Gasteiger partial charge in [0.25, 0.3) is 5.92 Å². The third kappa shape index (κ3) is 4.14. The zero-order valence-corrected chi connectivity index (χ0v) is 13.1. The van der Waals surface area contributed by atoms with Crippen LogP contribution in [0.25, 0.3) is 0 Å². The maximum absolute atomic E-state index is 14.2. The molecular formula is C14H18F3NO2S. The smallest absolute Gasteiger partial charge is 0.298 e. The van der Waals surface area contributed by atoms with Crippen LogP contribution in [-0.2, 0) is 16.9 Å². The minimum atomic E-state index is -3.68. The Labute approximate surface area is 124 Å². The van der Waals surface area contributed by atoms with Gasteiger partial charge in [0, 0.05) is 5.56 Å². The molecule has 0 spiro atoms. The van der Waals surface area contributed by atoms with Crippen LogP contribution in [0.2, 0.25) is 0 Å². The van der Waals surface area contributed by atoms with Crippen molar-refractivity contribution in [3.8, 4) is 0 Å². The number of hydrogen-bond acceptors (Lipinski definition) is 2. The molecule has 3 nitrogen and oxygen atoms in total. The van der Waals surface area contributed by atoms with E-state index in [0.717, 1.165) is 6.07 Å². The summed E-state index contributed by atoms with van der Waals surface area (Å²) in [6, 6.07) is 3.43. The van der Waals surface area contributed by atoms with E-state index in [1.807, 2.05) is 0 Å². The summed E-state index contributed by atoms with van der Waals surface area (Å²) in [4.78, 5) is 0. The maximum atomic E-state index is 14.2. The number of rotatable bonds is 4. The van der Waals surface area contributed by atoms with E-state index in [1.165, 1.54) is 19.1 Å². The van der Waals surface area contributed by atoms with Crippen LogP contribution in [0.15, 0.2) is 22.6 Å². The molecule has 1 aromatic carbocycles. The molecule has 1 aromatic rings. The fourth-order valence-corrected chi connectivity index (χ4v) is 2.11. The first-order chi connectivity index (χ1) is 9.50. The number of aliphatic hydroxyl groups is 1. The van der Waals surface area contributed by atoms with Gasteiger partial charge in [0.05, 0.1) is 16.0 Å². The lowest BCUT2D eigenvalue weighted by Gasteiger charge is -2.17. The normalized spacial score (nSPS) is 15.1. The molecule has 0 aliphatic heterocycles. The standard InChI is InChI=1S/C14H18F3NO2S/c1-9(18-21(20)13(2,3)4)10-6-5-7-11(12(10)15)14(16,17)8-19/h5-7,19H,8H2,1-4H3. The van der Waals surface area contributed by atoms with Crippen LogP contribution in [-0.4, -0.2) is 26.4 Å². The second kappa shape index (κ2) is 6.27. The van der Waals surface area contributed by atoms with Gasteiger partial charge in [-0.15, -0.1) is 0 Å². The Morgan fingerprint density at radius 3 is 2.38 bits per heavy atom. The second-order valence-electron chi connectivity index (χ2n) is 5.57. The molecule has 1 atom stereocenters. The molecule has 0 aliphatic rings. The van der Waals surface area contributed by atoms with E-state index in [2.05, 4.69) is 4.40 Å². The molecule has 0 saturated heterocycles. The average molecular weight is 321 g/mol. The molecule has 1 rings (SSSR count). The van der Waals surface area contributed by atoms with E-state index in [4.69, 9.17) is 5.11 Å². The van der Waals surface area contributed by atoms with Crippen molar-refractivity contribution in [2.45, 2.75) is 38.4 Å². The zero-order chi connectivity index (χ0) is 16.4. The summed E-state index contributed by atoms with van der Waals surface area (Å²) >= 11 is 0. The number of aliphatic hydroxyl groups excluding tert-OH is 1. The van der Waals surface area contributed by atoms with Crippen molar-refractivity contribution in [1.29, 1.82) is 0 Å². The summed E-state index contributed by atoms with van der Waals surface area (Å²) in [7, 11) is -1.62. The predicted molar refractivity (Wildman–Crippen MR) is 77.5 cm³/mol. The first kappa shape index (κ1) is 17.8. The summed E-state index contributed by atoms with van der Waals surface area (Å²) < 4.78 is 56.2. The van der Waals surface area contributed by atoms with Gasteiger partial charge in [-0.25, -0.2) is 8.60 Å². The molecule has 0 saturated carbocycles. The van der Waals surface area contributed by atoms with E-state index in [9.17, 15) is 17.4 Å². The highest BCUT2D eigenvalue weighted by Gasteiger charge is 2.34. The molecule has 0 aromatic heterocycles. The van der Waals surface area contributed by atoms with Crippen LogP contribution in [0.1, 0.15) is 38.8 Å². The van der Waals surface area contributed by atoms with Gasteiger partial charge in [0.1, 0.15) is 23.4 Å². The topological polar surface area (TPSA) is 49.7 Å². The third-order valence-electron chi connectivity index (χ3n) is 2.72. The van der Waals surface area contributed by atoms with E-state index in [-0.39, 0.29) is 11.3 Å². The fraction of sp³-hybridized carbons (Fsp3) is 0.500. The van der Waals surface area contributed by atoms with Gasteiger partial charge in [0.15, 0.2) is 0 Å². The lowest BCUT2D eigenvalue weighted by atomic mass is 10.0. The highest BCUT2D eigenvalue weighted by atomic mass is 32.2. The summed E-state index contributed by atoms with van der Waals surface area (Å²) in [5, 5.41) is 8.66. The minimum absolute atomic E-state index is 0.0661. The number of hydrogen-bond donors (Lipinski definition) is 1. The van der Waals surface area contributed by atoms with Crippen LogP contribution in [0.4, 0.5) is 13.2 Å². The van der Waals surface area contributed by atoms with Crippen molar-refractivity contribution >= 4 is 16.7 Å². The van der Waals surface area contributed by atoms with E-state index in [0.29, 0.717) is 0 Å². The molecule has 1 N–H and O–H groups in total. The molecule has 0 bridgehead atoms. The summed E-state index contributed by atoms with van der Waals surface area (Å²) in [5.74, 6) is -4.84. The average Bonchev–Trinajstić information content (AvgIpc) is 2.37. The van der Waals surface area contributed by atoms with Crippen molar-refractivity contribution in [3.05, 3.63) is 35.1 Å². The lowest BCUT2D eigenvalue weighted by molar-refractivity contribution is -0.0582. The number of halogens is 3. The molecule has 118 valence electrons. The molecule has 0 fully saturated rings. The molecule has 0 amide bonds. The van der Waals surface area contributed by atoms with Crippen LogP contribution in [0, 0.1) is 5.82 Å². The lowest BCUT2D eigenvalue weighted by Crippen LogP contribution is -2.22. The van der Waals surface area contributed by atoms with Gasteiger partial charge < -0.3 is 5.11 Å². The van der Waals surface area contributed by atoms with Gasteiger partial charge in [0.2, 0.25) is 0 Å². The number of nitrogens with zero attached hydrogens (tertiary/aromatic N) is 1. The largest absolute Gasteiger partial charge is 0.390 e. The first-order valence-corrected chi connectivity index (χ1v) is 7.36. The molecule has 7 heteroatoms. The van der Waals surface area contributed by atoms with Gasteiger partial charge in [-0.05, 0) is 33.8 Å². The highest BCUT2D eigenvalue weighted by Crippen LogP contribution is 2.31. The molecule has 0 radical (unpaired) electrons. The van der Waals surface area contributed by atoms with Crippen molar-refractivity contribution in [1.82, 2.24) is 0 Å². The Kier molecular flexibility index (Phi) is 5.33. The first-order valence-electron chi connectivity index (χ1n) is 6.26. The zero-order valence-electron chi connectivity index (χ0n) is 12.3. The van der Waals surface area contributed by atoms with Gasteiger partial charge in [-0.2, -0.15) is 13.2 Å². The molecule has 0 aliphatic carbocycles. The summed E-state index contributed by atoms with van der Waals surface area (Å²) in [6.45, 7) is 5.02. The Morgan fingerprint density at radius 2 is 1.90 bits per heavy atom. The molecule has 0 heterocycles. The summed E-state index contributed by atoms with van der Waals surface area (Å²) in [6.07, 6.45) is 0. The quantitative estimate of drug-likeness (QED) is 0.866. The Morgan fingerprint density at radius 1 is 1.33 bits per heavy atom. The van der Waals surface area contributed by atoms with Crippen LogP contribution in [0.5, 0.6) is 0 Å². The second-order valence-corrected chi connectivity index (χ2v) is 7.47. The van der Waals surface area contributed by atoms with Crippen molar-refractivity contribution in [2.75, 3.05) is 6.61 Å². The van der Waals surface area contributed by atoms with Crippen LogP contribution < -0.4 is 0 Å².